The van der Waals surface area contributed by atoms with Gasteiger partial charge in [-0.1, -0.05) is 77.6 Å². The van der Waals surface area contributed by atoms with Crippen molar-refractivity contribution < 1.29 is 0 Å². The third-order valence-corrected chi connectivity index (χ3v) is 2.55. The first-order chi connectivity index (χ1) is 9.58. The van der Waals surface area contributed by atoms with E-state index in [9.17, 15) is 0 Å². The quantitative estimate of drug-likeness (QED) is 0.411. The first-order valence-electron chi connectivity index (χ1n) is 7.34. The van der Waals surface area contributed by atoms with Crippen LogP contribution in [0.25, 0.3) is 5.57 Å². The minimum atomic E-state index is 0. The summed E-state index contributed by atoms with van der Waals surface area (Å²) in [6.07, 6.45) is 10.9. The summed E-state index contributed by atoms with van der Waals surface area (Å²) in [7, 11) is 0. The fourth-order valence-electron chi connectivity index (χ4n) is 1.69. The molecule has 0 bridgehead atoms. The Bertz CT molecular complexity index is 439. The third-order valence-electron chi connectivity index (χ3n) is 2.55. The Hall–Kier alpha value is -1.74. The molecule has 0 fully saturated rings. The number of hydrogen-bond acceptors (Lipinski definition) is 0. The summed E-state index contributed by atoms with van der Waals surface area (Å²) in [5.41, 5.74) is 4.12. The average Bonchev–Trinajstić information content (AvgIpc) is 2.47. The van der Waals surface area contributed by atoms with Crippen molar-refractivity contribution in [2.75, 3.05) is 0 Å². The minimum absolute atomic E-state index is 0. The molecule has 0 radical (unpaired) electrons. The van der Waals surface area contributed by atoms with Gasteiger partial charge in [0.05, 0.1) is 0 Å². The summed E-state index contributed by atoms with van der Waals surface area (Å²) >= 11 is 0. The highest BCUT2D eigenvalue weighted by molar-refractivity contribution is 5.68. The fraction of sp³-hybridized carbons (Fsp3) is 0.429. The van der Waals surface area contributed by atoms with E-state index in [1.54, 1.807) is 6.92 Å². The van der Waals surface area contributed by atoms with Crippen molar-refractivity contribution in [3.8, 4) is 12.3 Å². The van der Waals surface area contributed by atoms with Crippen molar-refractivity contribution in [2.45, 2.75) is 61.8 Å². The van der Waals surface area contributed by atoms with Gasteiger partial charge in [-0.05, 0) is 43.4 Å². The van der Waals surface area contributed by atoms with E-state index in [0.29, 0.717) is 5.92 Å². The summed E-state index contributed by atoms with van der Waals surface area (Å²) in [5.74, 6) is 2.83. The Kier molecular flexibility index (Phi) is 18.9. The van der Waals surface area contributed by atoms with Crippen molar-refractivity contribution in [1.29, 1.82) is 0 Å². The van der Waals surface area contributed by atoms with Crippen LogP contribution < -0.4 is 0 Å². The molecule has 0 N–H and O–H groups in total. The molecule has 0 unspecified atom stereocenters. The van der Waals surface area contributed by atoms with Crippen LogP contribution in [0.3, 0.4) is 0 Å². The zero-order valence-corrected chi connectivity index (χ0v) is 14.2. The van der Waals surface area contributed by atoms with Crippen molar-refractivity contribution >= 4 is 5.57 Å². The highest BCUT2D eigenvalue weighted by Crippen LogP contribution is 2.25. The molecular weight excluding hydrogens is 252 g/mol. The number of benzene rings is 1. The molecule has 21 heavy (non-hydrogen) atoms. The fourth-order valence-corrected chi connectivity index (χ4v) is 1.69. The Morgan fingerprint density at radius 2 is 1.67 bits per heavy atom. The summed E-state index contributed by atoms with van der Waals surface area (Å²) in [5, 5.41) is 0. The monoisotopic (exact) mass is 286 g/mol. The van der Waals surface area contributed by atoms with E-state index in [-0.39, 0.29) is 7.43 Å². The van der Waals surface area contributed by atoms with Crippen molar-refractivity contribution in [1.82, 2.24) is 0 Å². The lowest BCUT2D eigenvalue weighted by atomic mass is 9.93. The minimum Gasteiger partial charge on any atom is -0.120 e. The topological polar surface area (TPSA) is 0 Å². The van der Waals surface area contributed by atoms with E-state index < -0.39 is 0 Å². The molecule has 0 saturated carbocycles. The molecule has 0 atom stereocenters. The van der Waals surface area contributed by atoms with Gasteiger partial charge in [0.2, 0.25) is 0 Å². The van der Waals surface area contributed by atoms with Gasteiger partial charge in [-0.15, -0.1) is 12.3 Å². The molecule has 0 saturated heterocycles. The van der Waals surface area contributed by atoms with Crippen LogP contribution in [0.1, 0.15) is 72.9 Å². The second-order valence-electron chi connectivity index (χ2n) is 4.41. The molecule has 0 spiro atoms. The molecule has 1 aromatic carbocycles. The van der Waals surface area contributed by atoms with E-state index >= 15 is 0 Å². The normalized spacial score (nSPS) is 9.76. The second-order valence-corrected chi connectivity index (χ2v) is 4.41. The number of hydrogen-bond donors (Lipinski definition) is 0. The SMILES string of the molecule is C.C#CC.C/C=C\C=C(/C)c1ccccc1C(C)C.CC. The van der Waals surface area contributed by atoms with E-state index in [1.165, 1.54) is 16.7 Å². The van der Waals surface area contributed by atoms with Crippen LogP contribution in [0.15, 0.2) is 42.5 Å². The highest BCUT2D eigenvalue weighted by Gasteiger charge is 2.05. The molecule has 118 valence electrons. The van der Waals surface area contributed by atoms with Gasteiger partial charge in [0.25, 0.3) is 0 Å². The smallest absolute Gasteiger partial charge is 0.00297 e. The van der Waals surface area contributed by atoms with Gasteiger partial charge >= 0.3 is 0 Å². The summed E-state index contributed by atoms with van der Waals surface area (Å²) in [4.78, 5) is 0. The molecular formula is C21H34. The molecule has 0 aliphatic carbocycles. The predicted molar refractivity (Wildman–Crippen MR) is 102 cm³/mol. The number of rotatable bonds is 3. The van der Waals surface area contributed by atoms with Gasteiger partial charge in [0.15, 0.2) is 0 Å². The molecule has 0 heteroatoms. The number of terminal acetylenes is 1. The maximum absolute atomic E-state index is 4.60. The van der Waals surface area contributed by atoms with Gasteiger partial charge in [0, 0.05) is 0 Å². The molecule has 0 heterocycles. The lowest BCUT2D eigenvalue weighted by molar-refractivity contribution is 0.862. The lowest BCUT2D eigenvalue weighted by Crippen LogP contribution is -1.93. The van der Waals surface area contributed by atoms with E-state index in [1.807, 2.05) is 20.8 Å². The number of allylic oxidation sites excluding steroid dienone is 4. The van der Waals surface area contributed by atoms with Crippen LogP contribution in [0.4, 0.5) is 0 Å². The van der Waals surface area contributed by atoms with Gasteiger partial charge in [0.1, 0.15) is 0 Å². The van der Waals surface area contributed by atoms with Crippen LogP contribution in [-0.4, -0.2) is 0 Å². The van der Waals surface area contributed by atoms with E-state index in [2.05, 4.69) is 75.6 Å². The summed E-state index contributed by atoms with van der Waals surface area (Å²) < 4.78 is 0. The largest absolute Gasteiger partial charge is 0.120 e. The van der Waals surface area contributed by atoms with Crippen LogP contribution in [0.5, 0.6) is 0 Å². The van der Waals surface area contributed by atoms with Crippen molar-refractivity contribution in [2.24, 2.45) is 0 Å². The van der Waals surface area contributed by atoms with Gasteiger partial charge in [-0.2, -0.15) is 0 Å². The summed E-state index contributed by atoms with van der Waals surface area (Å²) in [6.45, 7) is 14.3. The standard InChI is InChI=1S/C15H20.C3H4.C2H6.CH4/c1-5-6-9-13(4)15-11-8-7-10-14(15)12(2)3;1-3-2;1-2;/h5-12H,1-4H3;1H,2H3;1-2H3;1H4/b6-5-,13-9+;;;. The Labute approximate surface area is 134 Å². The predicted octanol–water partition coefficient (Wildman–Crippen LogP) is 7.09. The van der Waals surface area contributed by atoms with Crippen molar-refractivity contribution in [3.05, 3.63) is 53.6 Å². The van der Waals surface area contributed by atoms with Crippen LogP contribution in [0, 0.1) is 12.3 Å². The lowest BCUT2D eigenvalue weighted by Gasteiger charge is -2.12. The molecule has 0 aromatic heterocycles. The van der Waals surface area contributed by atoms with Crippen LogP contribution in [-0.2, 0) is 0 Å². The zero-order valence-electron chi connectivity index (χ0n) is 14.2. The Morgan fingerprint density at radius 1 is 1.19 bits per heavy atom. The van der Waals surface area contributed by atoms with Gasteiger partial charge in [-0.25, -0.2) is 0 Å². The van der Waals surface area contributed by atoms with Crippen LogP contribution in [0.2, 0.25) is 0 Å². The first-order valence-corrected chi connectivity index (χ1v) is 7.34. The van der Waals surface area contributed by atoms with Crippen molar-refractivity contribution in [3.63, 3.8) is 0 Å². The van der Waals surface area contributed by atoms with E-state index in [0.717, 1.165) is 0 Å². The average molecular weight is 287 g/mol. The molecule has 0 aliphatic rings. The second kappa shape index (κ2) is 16.3. The third kappa shape index (κ3) is 10.7. The molecule has 0 nitrogen and oxygen atoms in total. The van der Waals surface area contributed by atoms with E-state index in [4.69, 9.17) is 0 Å². The molecule has 0 amide bonds. The zero-order chi connectivity index (χ0) is 16.0. The van der Waals surface area contributed by atoms with Crippen LogP contribution >= 0.6 is 0 Å². The maximum Gasteiger partial charge on any atom is -0.00297 e. The van der Waals surface area contributed by atoms with Gasteiger partial charge in [-0.3, -0.25) is 0 Å². The summed E-state index contributed by atoms with van der Waals surface area (Å²) in [6, 6.07) is 8.63. The molecule has 0 aliphatic heterocycles. The van der Waals surface area contributed by atoms with Gasteiger partial charge < -0.3 is 0 Å². The highest BCUT2D eigenvalue weighted by atomic mass is 14.1. The molecule has 1 rings (SSSR count). The Balaban J connectivity index is -0.000000479. The Morgan fingerprint density at radius 3 is 2.10 bits per heavy atom. The molecule has 1 aromatic rings. The maximum atomic E-state index is 4.60. The first kappa shape index (κ1) is 24.3.